The van der Waals surface area contributed by atoms with Gasteiger partial charge in [-0.25, -0.2) is 4.79 Å². The van der Waals surface area contributed by atoms with Gasteiger partial charge in [0.25, 0.3) is 0 Å². The maximum atomic E-state index is 12.5. The number of pyridine rings is 1. The van der Waals surface area contributed by atoms with Crippen LogP contribution in [0.1, 0.15) is 69.7 Å². The van der Waals surface area contributed by atoms with Crippen molar-refractivity contribution in [3.05, 3.63) is 23.5 Å². The van der Waals surface area contributed by atoms with Crippen molar-refractivity contribution in [2.75, 3.05) is 20.2 Å². The van der Waals surface area contributed by atoms with Crippen LogP contribution in [0.4, 0.5) is 4.79 Å². The number of hydrogen-bond acceptors (Lipinski definition) is 5. The van der Waals surface area contributed by atoms with E-state index in [2.05, 4.69) is 0 Å². The Labute approximate surface area is 166 Å². The van der Waals surface area contributed by atoms with E-state index < -0.39 is 23.6 Å². The van der Waals surface area contributed by atoms with E-state index in [1.165, 1.54) is 6.42 Å². The van der Waals surface area contributed by atoms with E-state index in [-0.39, 0.29) is 12.5 Å². The summed E-state index contributed by atoms with van der Waals surface area (Å²) in [4.78, 5) is 30.8. The van der Waals surface area contributed by atoms with E-state index >= 15 is 0 Å². The van der Waals surface area contributed by atoms with Gasteiger partial charge >= 0.3 is 12.1 Å². The number of rotatable bonds is 4. The first-order valence-corrected chi connectivity index (χ1v) is 9.95. The van der Waals surface area contributed by atoms with Crippen LogP contribution in [0.3, 0.4) is 0 Å². The van der Waals surface area contributed by atoms with Gasteiger partial charge in [-0.2, -0.15) is 0 Å². The Morgan fingerprint density at radius 1 is 1.21 bits per heavy atom. The number of amides is 1. The Morgan fingerprint density at radius 2 is 1.93 bits per heavy atom. The van der Waals surface area contributed by atoms with Gasteiger partial charge in [0.1, 0.15) is 11.4 Å². The van der Waals surface area contributed by atoms with Gasteiger partial charge in [-0.1, -0.05) is 6.42 Å². The van der Waals surface area contributed by atoms with E-state index in [4.69, 9.17) is 14.5 Å². The summed E-state index contributed by atoms with van der Waals surface area (Å²) < 4.78 is 11.0. The summed E-state index contributed by atoms with van der Waals surface area (Å²) in [5.74, 6) is -0.683. The minimum Gasteiger partial charge on any atom is -0.495 e. The van der Waals surface area contributed by atoms with Gasteiger partial charge in [0.15, 0.2) is 0 Å². The first kappa shape index (κ1) is 20.4. The first-order valence-electron chi connectivity index (χ1n) is 9.95. The summed E-state index contributed by atoms with van der Waals surface area (Å²) in [5, 5.41) is 9.73. The van der Waals surface area contributed by atoms with Crippen molar-refractivity contribution in [1.29, 1.82) is 0 Å². The second-order valence-electron chi connectivity index (χ2n) is 8.72. The van der Waals surface area contributed by atoms with Crippen LogP contribution in [0.15, 0.2) is 12.1 Å². The van der Waals surface area contributed by atoms with Crippen molar-refractivity contribution >= 4 is 12.1 Å². The highest BCUT2D eigenvalue weighted by Crippen LogP contribution is 2.41. The summed E-state index contributed by atoms with van der Waals surface area (Å²) in [6, 6.07) is 3.71. The van der Waals surface area contributed by atoms with Crippen molar-refractivity contribution in [3.8, 4) is 5.75 Å². The molecule has 2 aliphatic rings. The summed E-state index contributed by atoms with van der Waals surface area (Å²) >= 11 is 0. The number of carboxylic acids is 1. The molecule has 154 valence electrons. The summed E-state index contributed by atoms with van der Waals surface area (Å²) in [7, 11) is 1.63. The normalized spacial score (nSPS) is 23.1. The fraction of sp³-hybridized carbons (Fsp3) is 0.667. The molecule has 1 amide bonds. The fourth-order valence-electron chi connectivity index (χ4n) is 3.87. The Bertz CT molecular complexity index is 739. The molecule has 2 fully saturated rings. The van der Waals surface area contributed by atoms with Crippen LogP contribution >= 0.6 is 0 Å². The van der Waals surface area contributed by atoms with E-state index in [0.29, 0.717) is 24.6 Å². The van der Waals surface area contributed by atoms with Crippen LogP contribution in [-0.4, -0.2) is 52.9 Å². The molecule has 0 radical (unpaired) electrons. The Balaban J connectivity index is 1.87. The van der Waals surface area contributed by atoms with Gasteiger partial charge in [-0.3, -0.25) is 9.78 Å². The number of ether oxygens (including phenoxy) is 2. The quantitative estimate of drug-likeness (QED) is 0.841. The minimum absolute atomic E-state index is 0.287. The summed E-state index contributed by atoms with van der Waals surface area (Å²) in [6.45, 7) is 6.12. The lowest BCUT2D eigenvalue weighted by Crippen LogP contribution is -2.46. The van der Waals surface area contributed by atoms with E-state index in [1.54, 1.807) is 12.0 Å². The largest absolute Gasteiger partial charge is 0.495 e. The van der Waals surface area contributed by atoms with Crippen LogP contribution in [0, 0.1) is 5.92 Å². The highest BCUT2D eigenvalue weighted by Gasteiger charge is 2.39. The molecule has 0 unspecified atom stereocenters. The smallest absolute Gasteiger partial charge is 0.410 e. The average molecular weight is 390 g/mol. The predicted molar refractivity (Wildman–Crippen MR) is 104 cm³/mol. The van der Waals surface area contributed by atoms with Crippen molar-refractivity contribution < 1.29 is 24.2 Å². The third-order valence-corrected chi connectivity index (χ3v) is 5.58. The Kier molecular flexibility index (Phi) is 5.82. The molecule has 2 atom stereocenters. The molecule has 3 rings (SSSR count). The van der Waals surface area contributed by atoms with Gasteiger partial charge in [0.2, 0.25) is 0 Å². The van der Waals surface area contributed by atoms with Gasteiger partial charge in [0.05, 0.1) is 18.7 Å². The van der Waals surface area contributed by atoms with Crippen LogP contribution in [0.2, 0.25) is 0 Å². The van der Waals surface area contributed by atoms with Crippen LogP contribution in [0.5, 0.6) is 5.75 Å². The summed E-state index contributed by atoms with van der Waals surface area (Å²) in [5.41, 5.74) is 1.03. The van der Waals surface area contributed by atoms with E-state index in [0.717, 1.165) is 24.3 Å². The molecule has 7 nitrogen and oxygen atoms in total. The number of piperidine rings is 1. The molecule has 1 aliphatic carbocycles. The molecule has 28 heavy (non-hydrogen) atoms. The topological polar surface area (TPSA) is 89.0 Å². The number of likely N-dealkylation sites (tertiary alicyclic amines) is 1. The highest BCUT2D eigenvalue weighted by molar-refractivity contribution is 5.73. The monoisotopic (exact) mass is 390 g/mol. The number of carboxylic acid groups (broad SMARTS) is 1. The zero-order valence-electron chi connectivity index (χ0n) is 17.1. The third-order valence-electron chi connectivity index (χ3n) is 5.58. The number of hydrogen-bond donors (Lipinski definition) is 1. The molecular formula is C21H30N2O5. The number of nitrogens with zero attached hydrogens (tertiary/aromatic N) is 2. The van der Waals surface area contributed by atoms with Crippen LogP contribution in [-0.2, 0) is 9.53 Å². The lowest BCUT2D eigenvalue weighted by molar-refractivity contribution is -0.144. The molecular weight excluding hydrogens is 360 g/mol. The minimum atomic E-state index is -0.850. The maximum absolute atomic E-state index is 12.5. The molecule has 0 aromatic carbocycles. The van der Waals surface area contributed by atoms with Gasteiger partial charge in [-0.05, 0) is 52.2 Å². The second kappa shape index (κ2) is 7.97. The number of carbonyl (C=O) groups is 2. The van der Waals surface area contributed by atoms with Crippen molar-refractivity contribution in [3.63, 3.8) is 0 Å². The van der Waals surface area contributed by atoms with Crippen LogP contribution < -0.4 is 4.74 Å². The lowest BCUT2D eigenvalue weighted by atomic mass is 9.80. The van der Waals surface area contributed by atoms with Gasteiger partial charge in [0, 0.05) is 30.6 Å². The molecule has 0 bridgehead atoms. The maximum Gasteiger partial charge on any atom is 0.410 e. The van der Waals surface area contributed by atoms with Gasteiger partial charge in [-0.15, -0.1) is 0 Å². The number of carbonyl (C=O) groups excluding carboxylic acids is 1. The zero-order chi connectivity index (χ0) is 20.5. The standard InChI is InChI=1S/C21H30N2O5/c1-21(2,3)28-20(26)23-11-10-14(19(24)25)15(12-23)16-8-9-17(27-4)18(22-16)13-6-5-7-13/h8-9,13-15H,5-7,10-12H2,1-4H3,(H,24,25)/t14-,15-/m1/s1. The van der Waals surface area contributed by atoms with Crippen LogP contribution in [0.25, 0.3) is 0 Å². The van der Waals surface area contributed by atoms with E-state index in [1.807, 2.05) is 32.9 Å². The molecule has 1 saturated heterocycles. The number of aliphatic carboxylic acids is 1. The first-order chi connectivity index (χ1) is 13.2. The molecule has 1 aromatic heterocycles. The van der Waals surface area contributed by atoms with Gasteiger partial charge < -0.3 is 19.5 Å². The average Bonchev–Trinajstić information content (AvgIpc) is 2.58. The predicted octanol–water partition coefficient (Wildman–Crippen LogP) is 3.78. The van der Waals surface area contributed by atoms with E-state index in [9.17, 15) is 14.7 Å². The molecule has 1 saturated carbocycles. The molecule has 1 aliphatic heterocycles. The second-order valence-corrected chi connectivity index (χ2v) is 8.72. The molecule has 7 heteroatoms. The Morgan fingerprint density at radius 3 is 2.46 bits per heavy atom. The molecule has 1 aromatic rings. The summed E-state index contributed by atoms with van der Waals surface area (Å²) in [6.07, 6.45) is 3.29. The number of aromatic nitrogens is 1. The van der Waals surface area contributed by atoms with Crippen molar-refractivity contribution in [1.82, 2.24) is 9.88 Å². The molecule has 2 heterocycles. The third kappa shape index (κ3) is 4.39. The molecule has 0 spiro atoms. The SMILES string of the molecule is COc1ccc([C@@H]2CN(C(=O)OC(C)(C)C)CC[C@H]2C(=O)O)nc1C1CCC1. The zero-order valence-corrected chi connectivity index (χ0v) is 17.1. The number of methoxy groups -OCH3 is 1. The lowest BCUT2D eigenvalue weighted by Gasteiger charge is -2.37. The highest BCUT2D eigenvalue weighted by atomic mass is 16.6. The van der Waals surface area contributed by atoms with Crippen molar-refractivity contribution in [2.24, 2.45) is 5.92 Å². The Hall–Kier alpha value is -2.31. The van der Waals surface area contributed by atoms with Crippen molar-refractivity contribution in [2.45, 2.75) is 63.9 Å². The fourth-order valence-corrected chi connectivity index (χ4v) is 3.87. The molecule has 1 N–H and O–H groups in total.